The summed E-state index contributed by atoms with van der Waals surface area (Å²) in [4.78, 5) is 14.1. The number of nitrogens with zero attached hydrogens (tertiary/aromatic N) is 4. The van der Waals surface area contributed by atoms with Gasteiger partial charge in [-0.05, 0) is 41.5 Å². The molecule has 10 aromatic rings. The summed E-state index contributed by atoms with van der Waals surface area (Å²) in [7, 11) is 0. The van der Waals surface area contributed by atoms with E-state index in [0.717, 1.165) is 53.4 Å². The van der Waals surface area contributed by atoms with Crippen LogP contribution in [-0.2, 0) is 0 Å². The van der Waals surface area contributed by atoms with E-state index in [1.807, 2.05) is 48.5 Å². The molecule has 3 heterocycles. The Hall–Kier alpha value is -7.43. The second kappa shape index (κ2) is 12.3. The van der Waals surface area contributed by atoms with Gasteiger partial charge in [-0.1, -0.05) is 109 Å². The second-order valence-corrected chi connectivity index (χ2v) is 14.2. The predicted molar refractivity (Wildman–Crippen MR) is 217 cm³/mol. The van der Waals surface area contributed by atoms with Crippen LogP contribution in [0.25, 0.3) is 93.0 Å². The van der Waals surface area contributed by atoms with E-state index < -0.39 is 34.3 Å². The number of rotatable bonds is 5. The van der Waals surface area contributed by atoms with Crippen molar-refractivity contribution in [2.24, 2.45) is 0 Å². The van der Waals surface area contributed by atoms with Crippen LogP contribution in [0, 0.1) is 0 Å². The number of thiophene rings is 1. The van der Waals surface area contributed by atoms with Crippen molar-refractivity contribution in [3.63, 3.8) is 0 Å². The lowest BCUT2D eigenvalue weighted by Gasteiger charge is -2.13. The van der Waals surface area contributed by atoms with Crippen molar-refractivity contribution >= 4 is 53.3 Å². The number of benzene rings is 7. The minimum atomic E-state index is -1.07. The van der Waals surface area contributed by atoms with Gasteiger partial charge < -0.3 is 30.1 Å². The summed E-state index contributed by atoms with van der Waals surface area (Å²) in [5.74, 6) is -4.65. The Labute approximate surface area is 316 Å². The molecule has 10 heteroatoms. The zero-order chi connectivity index (χ0) is 37.4. The third-order valence-corrected chi connectivity index (χ3v) is 11.2. The molecular weight excluding hydrogens is 709 g/mol. The fraction of sp³-hybridized carbons (Fsp3) is 0. The van der Waals surface area contributed by atoms with Crippen molar-refractivity contribution in [2.45, 2.75) is 0 Å². The molecule has 0 atom stereocenters. The van der Waals surface area contributed by atoms with Gasteiger partial charge in [0, 0.05) is 42.1 Å². The predicted octanol–water partition coefficient (Wildman–Crippen LogP) is 10.5. The summed E-state index contributed by atoms with van der Waals surface area (Å²) in [5, 5.41) is 57.1. The van der Waals surface area contributed by atoms with Crippen LogP contribution in [-0.4, -0.2) is 45.1 Å². The van der Waals surface area contributed by atoms with Crippen LogP contribution in [0.15, 0.2) is 140 Å². The first-order valence-corrected chi connectivity index (χ1v) is 18.2. The number of hydrogen-bond acceptors (Lipinski definition) is 9. The highest BCUT2D eigenvalue weighted by molar-refractivity contribution is 7.26. The first kappa shape index (κ1) is 32.2. The number of phenols is 5. The minimum Gasteiger partial charge on any atom is -0.504 e. The minimum absolute atomic E-state index is 0.220. The largest absolute Gasteiger partial charge is 0.504 e. The molecule has 0 amide bonds. The van der Waals surface area contributed by atoms with Crippen LogP contribution in [0.2, 0.25) is 0 Å². The average Bonchev–Trinajstić information content (AvgIpc) is 3.79. The lowest BCUT2D eigenvalue weighted by atomic mass is 9.99. The highest BCUT2D eigenvalue weighted by Gasteiger charge is 2.28. The molecule has 0 spiro atoms. The molecule has 264 valence electrons. The molecule has 0 aliphatic carbocycles. The molecule has 10 rings (SSSR count). The second-order valence-electron chi connectivity index (χ2n) is 13.1. The lowest BCUT2D eigenvalue weighted by Crippen LogP contribution is -2.01. The summed E-state index contributed by atoms with van der Waals surface area (Å²) in [6.45, 7) is 0. The SMILES string of the molecule is Oc1c(O)c(O)c(-c2nc(-c3ccccc3)nc(-c3cccc4c3sc3cccc(-n5c6ccccc6c6c(-c7ccccc7)cccc65)c34)n2)c(O)c1O. The Morgan fingerprint density at radius 2 is 0.982 bits per heavy atom. The van der Waals surface area contributed by atoms with E-state index in [1.165, 1.54) is 5.39 Å². The Morgan fingerprint density at radius 3 is 1.75 bits per heavy atom. The Balaban J connectivity index is 1.24. The standard InChI is InChI=1S/C45H28N4O5S/c50-37-36(38(51)40(53)41(54)39(37)52)45-47-43(25-14-5-2-6-15-25)46-44(48-45)29-19-9-18-28-35-32(22-11-23-33(35)55-42(28)29)49-30-20-8-7-16-27(30)34-26(17-10-21-31(34)49)24-12-3-1-4-13-24/h1-23,50-54H. The number of aromatic nitrogens is 4. The van der Waals surface area contributed by atoms with Gasteiger partial charge in [0.1, 0.15) is 5.56 Å². The summed E-state index contributed by atoms with van der Waals surface area (Å²) in [6.07, 6.45) is 0. The quantitative estimate of drug-likeness (QED) is 0.0867. The fourth-order valence-corrected chi connectivity index (χ4v) is 8.78. The van der Waals surface area contributed by atoms with Crippen LogP contribution >= 0.6 is 11.3 Å². The molecule has 7 aromatic carbocycles. The number of aromatic hydroxyl groups is 5. The number of para-hydroxylation sites is 1. The van der Waals surface area contributed by atoms with Gasteiger partial charge in [-0.3, -0.25) is 0 Å². The molecule has 0 saturated heterocycles. The van der Waals surface area contributed by atoms with Gasteiger partial charge in [0.05, 0.1) is 16.7 Å². The average molecular weight is 737 g/mol. The summed E-state index contributed by atoms with van der Waals surface area (Å²) < 4.78 is 4.28. The first-order chi connectivity index (χ1) is 26.9. The van der Waals surface area contributed by atoms with Crippen molar-refractivity contribution < 1.29 is 25.5 Å². The third kappa shape index (κ3) is 4.89. The van der Waals surface area contributed by atoms with Gasteiger partial charge in [-0.15, -0.1) is 11.3 Å². The smallest absolute Gasteiger partial charge is 0.208 e. The Bertz CT molecular complexity index is 3130. The van der Waals surface area contributed by atoms with E-state index in [4.69, 9.17) is 9.97 Å². The van der Waals surface area contributed by atoms with Crippen LogP contribution < -0.4 is 0 Å². The van der Waals surface area contributed by atoms with Gasteiger partial charge in [0.15, 0.2) is 29.0 Å². The molecule has 0 radical (unpaired) electrons. The summed E-state index contributed by atoms with van der Waals surface area (Å²) in [5.41, 5.74) is 6.33. The number of fused-ring (bicyclic) bond motifs is 6. The Kier molecular flexibility index (Phi) is 7.23. The maximum absolute atomic E-state index is 10.9. The fourth-order valence-electron chi connectivity index (χ4n) is 7.55. The first-order valence-electron chi connectivity index (χ1n) is 17.4. The van der Waals surface area contributed by atoms with E-state index in [9.17, 15) is 25.5 Å². The zero-order valence-corrected chi connectivity index (χ0v) is 29.5. The molecule has 0 fully saturated rings. The molecule has 0 aliphatic heterocycles. The summed E-state index contributed by atoms with van der Waals surface area (Å²) >= 11 is 1.60. The maximum atomic E-state index is 10.9. The van der Waals surface area contributed by atoms with Crippen LogP contribution in [0.5, 0.6) is 28.7 Å². The van der Waals surface area contributed by atoms with Crippen LogP contribution in [0.4, 0.5) is 0 Å². The van der Waals surface area contributed by atoms with Gasteiger partial charge in [-0.25, -0.2) is 15.0 Å². The van der Waals surface area contributed by atoms with Crippen LogP contribution in [0.1, 0.15) is 0 Å². The molecule has 0 bridgehead atoms. The van der Waals surface area contributed by atoms with E-state index in [2.05, 4.69) is 101 Å². The normalized spacial score (nSPS) is 11.6. The lowest BCUT2D eigenvalue weighted by molar-refractivity contribution is 0.329. The van der Waals surface area contributed by atoms with Gasteiger partial charge in [0.2, 0.25) is 17.2 Å². The van der Waals surface area contributed by atoms with Crippen molar-refractivity contribution in [3.8, 4) is 79.7 Å². The highest BCUT2D eigenvalue weighted by Crippen LogP contribution is 2.54. The van der Waals surface area contributed by atoms with Gasteiger partial charge in [0.25, 0.3) is 0 Å². The van der Waals surface area contributed by atoms with Crippen molar-refractivity contribution in [2.75, 3.05) is 0 Å². The van der Waals surface area contributed by atoms with E-state index in [-0.39, 0.29) is 17.5 Å². The van der Waals surface area contributed by atoms with Gasteiger partial charge >= 0.3 is 0 Å². The molecule has 9 nitrogen and oxygen atoms in total. The Morgan fingerprint density at radius 1 is 0.418 bits per heavy atom. The van der Waals surface area contributed by atoms with Crippen LogP contribution in [0.3, 0.4) is 0 Å². The maximum Gasteiger partial charge on any atom is 0.208 e. The molecule has 0 unspecified atom stereocenters. The molecule has 0 aliphatic rings. The van der Waals surface area contributed by atoms with E-state index >= 15 is 0 Å². The van der Waals surface area contributed by atoms with E-state index in [0.29, 0.717) is 11.1 Å². The summed E-state index contributed by atoms with van der Waals surface area (Å²) in [6, 6.07) is 46.7. The van der Waals surface area contributed by atoms with Gasteiger partial charge in [-0.2, -0.15) is 0 Å². The van der Waals surface area contributed by atoms with E-state index in [1.54, 1.807) is 11.3 Å². The molecule has 55 heavy (non-hydrogen) atoms. The molecular formula is C45H28N4O5S. The zero-order valence-electron chi connectivity index (χ0n) is 28.7. The topological polar surface area (TPSA) is 145 Å². The number of hydrogen-bond donors (Lipinski definition) is 5. The molecule has 0 saturated carbocycles. The van der Waals surface area contributed by atoms with Crippen molar-refractivity contribution in [1.82, 2.24) is 19.5 Å². The molecule has 3 aromatic heterocycles. The van der Waals surface area contributed by atoms with Crippen molar-refractivity contribution in [1.29, 1.82) is 0 Å². The van der Waals surface area contributed by atoms with Crippen molar-refractivity contribution in [3.05, 3.63) is 140 Å². The number of phenolic OH excluding ortho intramolecular Hbond substituents is 5. The molecule has 5 N–H and O–H groups in total. The third-order valence-electron chi connectivity index (χ3n) is 10.0. The monoisotopic (exact) mass is 736 g/mol. The highest BCUT2D eigenvalue weighted by atomic mass is 32.1.